The zero-order valence-electron chi connectivity index (χ0n) is 14.2. The average molecular weight is 374 g/mol. The Kier molecular flexibility index (Phi) is 4.68. The van der Waals surface area contributed by atoms with Crippen LogP contribution >= 0.6 is 11.3 Å². The van der Waals surface area contributed by atoms with Gasteiger partial charge in [0.1, 0.15) is 0 Å². The molecule has 1 heterocycles. The Hall–Kier alpha value is -1.44. The van der Waals surface area contributed by atoms with Crippen molar-refractivity contribution in [2.24, 2.45) is 17.3 Å². The van der Waals surface area contributed by atoms with E-state index in [0.717, 1.165) is 11.3 Å². The molecule has 1 saturated carbocycles. The van der Waals surface area contributed by atoms with E-state index in [-0.39, 0.29) is 29.2 Å². The highest BCUT2D eigenvalue weighted by atomic mass is 32.1. The maximum atomic E-state index is 13.2. The Morgan fingerprint density at radius 3 is 2.60 bits per heavy atom. The number of anilines is 1. The molecule has 1 aromatic rings. The molecule has 2 aliphatic rings. The molecule has 0 aromatic carbocycles. The lowest BCUT2D eigenvalue weighted by atomic mass is 9.78. The summed E-state index contributed by atoms with van der Waals surface area (Å²) in [6.45, 7) is 3.95. The zero-order valence-corrected chi connectivity index (χ0v) is 15.0. The Morgan fingerprint density at radius 1 is 1.24 bits per heavy atom. The van der Waals surface area contributed by atoms with Gasteiger partial charge in [-0.2, -0.15) is 13.2 Å². The summed E-state index contributed by atoms with van der Waals surface area (Å²) in [5.74, 6) is -3.34. The topological polar surface area (TPSA) is 59.1 Å². The smallest absolute Gasteiger partial charge is 0.302 e. The number of hydrogen-bond donors (Lipinski definition) is 1. The highest BCUT2D eigenvalue weighted by Crippen LogP contribution is 2.43. The molecule has 1 fully saturated rings. The first-order chi connectivity index (χ1) is 11.6. The van der Waals surface area contributed by atoms with Crippen LogP contribution in [0.4, 0.5) is 18.3 Å². The summed E-state index contributed by atoms with van der Waals surface area (Å²) >= 11 is 1.07. The number of rotatable bonds is 2. The van der Waals surface area contributed by atoms with Crippen LogP contribution in [0.25, 0.3) is 0 Å². The predicted octanol–water partition coefficient (Wildman–Crippen LogP) is 4.61. The quantitative estimate of drug-likeness (QED) is 0.823. The molecule has 2 aliphatic carbocycles. The van der Waals surface area contributed by atoms with Crippen LogP contribution in [0.5, 0.6) is 0 Å². The molecule has 3 rings (SSSR count). The Morgan fingerprint density at radius 2 is 1.92 bits per heavy atom. The first-order valence-corrected chi connectivity index (χ1v) is 9.29. The zero-order chi connectivity index (χ0) is 18.4. The molecule has 0 bridgehead atoms. The number of alkyl halides is 3. The predicted molar refractivity (Wildman–Crippen MR) is 88.7 cm³/mol. The summed E-state index contributed by atoms with van der Waals surface area (Å²) in [4.78, 5) is 29.4. The minimum atomic E-state index is -4.37. The van der Waals surface area contributed by atoms with Gasteiger partial charge in [-0.05, 0) is 24.7 Å². The number of nitrogens with one attached hydrogen (secondary N) is 1. The maximum Gasteiger partial charge on any atom is 0.392 e. The third kappa shape index (κ3) is 3.88. The number of fused-ring (bicyclic) bond motifs is 1. The van der Waals surface area contributed by atoms with Crippen LogP contribution in [-0.4, -0.2) is 22.9 Å². The van der Waals surface area contributed by atoms with Crippen molar-refractivity contribution in [1.29, 1.82) is 0 Å². The Bertz CT molecular complexity index is 697. The van der Waals surface area contributed by atoms with Gasteiger partial charge < -0.3 is 5.32 Å². The molecule has 0 spiro atoms. The van der Waals surface area contributed by atoms with Crippen LogP contribution in [0, 0.1) is 17.3 Å². The van der Waals surface area contributed by atoms with Gasteiger partial charge in [0.05, 0.1) is 16.5 Å². The fraction of sp³-hybridized carbons (Fsp3) is 0.706. The number of aromatic nitrogens is 1. The van der Waals surface area contributed by atoms with Gasteiger partial charge in [0.15, 0.2) is 10.9 Å². The van der Waals surface area contributed by atoms with Gasteiger partial charge in [-0.3, -0.25) is 9.59 Å². The lowest BCUT2D eigenvalue weighted by molar-refractivity contribution is -0.197. The SMILES string of the molecule is CC1(C)CC(=O)c2sc(NC(=O)C3CCCCC3C(F)(F)F)nc2C1. The fourth-order valence-corrected chi connectivity index (χ4v) is 4.73. The van der Waals surface area contributed by atoms with Gasteiger partial charge in [-0.1, -0.05) is 38.0 Å². The molecule has 8 heteroatoms. The third-order valence-corrected chi connectivity index (χ3v) is 6.04. The summed E-state index contributed by atoms with van der Waals surface area (Å²) < 4.78 is 39.5. The molecule has 1 aromatic heterocycles. The van der Waals surface area contributed by atoms with Crippen molar-refractivity contribution in [2.45, 2.75) is 58.5 Å². The van der Waals surface area contributed by atoms with E-state index in [0.29, 0.717) is 36.3 Å². The van der Waals surface area contributed by atoms with E-state index >= 15 is 0 Å². The standard InChI is InChI=1S/C17H21F3N2O2S/c1-16(2)7-11-13(12(23)8-16)25-15(21-11)22-14(24)9-5-3-4-6-10(9)17(18,19)20/h9-10H,3-8H2,1-2H3,(H,21,22,24). The second-order valence-corrected chi connectivity index (χ2v) is 8.76. The molecule has 0 aliphatic heterocycles. The molecule has 1 amide bonds. The van der Waals surface area contributed by atoms with E-state index in [1.54, 1.807) is 0 Å². The second-order valence-electron chi connectivity index (χ2n) is 7.76. The van der Waals surface area contributed by atoms with Crippen molar-refractivity contribution in [1.82, 2.24) is 4.98 Å². The molecule has 0 radical (unpaired) electrons. The van der Waals surface area contributed by atoms with Crippen LogP contribution in [0.1, 0.15) is 61.3 Å². The van der Waals surface area contributed by atoms with E-state index in [1.165, 1.54) is 0 Å². The van der Waals surface area contributed by atoms with Crippen LogP contribution in [0.3, 0.4) is 0 Å². The number of ketones is 1. The van der Waals surface area contributed by atoms with Gasteiger partial charge in [0, 0.05) is 12.3 Å². The van der Waals surface area contributed by atoms with E-state index in [1.807, 2.05) is 13.8 Å². The minimum absolute atomic E-state index is 0.0113. The van der Waals surface area contributed by atoms with Crippen molar-refractivity contribution < 1.29 is 22.8 Å². The lowest BCUT2D eigenvalue weighted by Gasteiger charge is -2.31. The highest BCUT2D eigenvalue weighted by molar-refractivity contribution is 7.17. The number of nitrogens with zero attached hydrogens (tertiary/aromatic N) is 1. The van der Waals surface area contributed by atoms with Crippen LogP contribution in [0.2, 0.25) is 0 Å². The van der Waals surface area contributed by atoms with Gasteiger partial charge in [-0.15, -0.1) is 0 Å². The van der Waals surface area contributed by atoms with E-state index in [2.05, 4.69) is 10.3 Å². The van der Waals surface area contributed by atoms with Crippen molar-refractivity contribution in [3.8, 4) is 0 Å². The third-order valence-electron chi connectivity index (χ3n) is 4.99. The Labute approximate surface area is 148 Å². The first-order valence-electron chi connectivity index (χ1n) is 8.47. The molecule has 2 unspecified atom stereocenters. The summed E-state index contributed by atoms with van der Waals surface area (Å²) in [7, 11) is 0. The van der Waals surface area contributed by atoms with Crippen molar-refractivity contribution in [3.63, 3.8) is 0 Å². The molecule has 0 saturated heterocycles. The monoisotopic (exact) mass is 374 g/mol. The van der Waals surface area contributed by atoms with Gasteiger partial charge in [0.2, 0.25) is 5.91 Å². The highest BCUT2D eigenvalue weighted by Gasteiger charge is 2.48. The molecule has 1 N–H and O–H groups in total. The number of thiazole rings is 1. The van der Waals surface area contributed by atoms with Gasteiger partial charge in [0.25, 0.3) is 0 Å². The normalized spacial score (nSPS) is 26.2. The number of hydrogen-bond acceptors (Lipinski definition) is 4. The number of halogens is 3. The molecule has 25 heavy (non-hydrogen) atoms. The number of Topliss-reactive ketones (excluding diaryl/α,β-unsaturated/α-hetero) is 1. The van der Waals surface area contributed by atoms with E-state index < -0.39 is 23.9 Å². The number of carbonyl (C=O) groups excluding carboxylic acids is 2. The largest absolute Gasteiger partial charge is 0.392 e. The van der Waals surface area contributed by atoms with E-state index in [9.17, 15) is 22.8 Å². The summed E-state index contributed by atoms with van der Waals surface area (Å²) in [6.07, 6.45) is -2.02. The van der Waals surface area contributed by atoms with Crippen LogP contribution in [-0.2, 0) is 11.2 Å². The van der Waals surface area contributed by atoms with Gasteiger partial charge >= 0.3 is 6.18 Å². The maximum absolute atomic E-state index is 13.2. The average Bonchev–Trinajstić information content (AvgIpc) is 2.87. The summed E-state index contributed by atoms with van der Waals surface area (Å²) in [5.41, 5.74) is 0.446. The number of carbonyl (C=O) groups is 2. The van der Waals surface area contributed by atoms with Crippen LogP contribution < -0.4 is 5.32 Å². The molecule has 2 atom stereocenters. The molecular formula is C17H21F3N2O2S. The van der Waals surface area contributed by atoms with Crippen molar-refractivity contribution in [3.05, 3.63) is 10.6 Å². The lowest BCUT2D eigenvalue weighted by Crippen LogP contribution is -2.39. The minimum Gasteiger partial charge on any atom is -0.302 e. The molecule has 4 nitrogen and oxygen atoms in total. The first kappa shape index (κ1) is 18.4. The van der Waals surface area contributed by atoms with E-state index in [4.69, 9.17) is 0 Å². The van der Waals surface area contributed by atoms with Crippen molar-refractivity contribution >= 4 is 28.2 Å². The number of amides is 1. The molecular weight excluding hydrogens is 353 g/mol. The fourth-order valence-electron chi connectivity index (χ4n) is 3.81. The van der Waals surface area contributed by atoms with Crippen molar-refractivity contribution in [2.75, 3.05) is 5.32 Å². The summed E-state index contributed by atoms with van der Waals surface area (Å²) in [6, 6.07) is 0. The Balaban J connectivity index is 1.76. The van der Waals surface area contributed by atoms with Crippen LogP contribution in [0.15, 0.2) is 0 Å². The summed E-state index contributed by atoms with van der Waals surface area (Å²) in [5, 5.41) is 2.76. The molecule has 138 valence electrons. The second kappa shape index (κ2) is 6.37. The van der Waals surface area contributed by atoms with Gasteiger partial charge in [-0.25, -0.2) is 4.98 Å².